The number of aliphatic hydroxyl groups excluding tert-OH is 2. The average Bonchev–Trinajstić information content (AvgIpc) is 3.34. The van der Waals surface area contributed by atoms with E-state index in [0.717, 1.165) is 51.4 Å². The number of rotatable bonds is 55. The van der Waals surface area contributed by atoms with Crippen LogP contribution in [0.3, 0.4) is 0 Å². The van der Waals surface area contributed by atoms with Gasteiger partial charge in [0.25, 0.3) is 0 Å². The highest BCUT2D eigenvalue weighted by Crippen LogP contribution is 2.16. The van der Waals surface area contributed by atoms with E-state index in [2.05, 4.69) is 55.6 Å². The summed E-state index contributed by atoms with van der Waals surface area (Å²) in [4.78, 5) is 24.4. The Hall–Kier alpha value is -2.18. The summed E-state index contributed by atoms with van der Waals surface area (Å²) in [7, 11) is 0. The molecule has 68 heavy (non-hydrogen) atoms. The molecule has 3 N–H and O–H groups in total. The lowest BCUT2D eigenvalue weighted by Gasteiger charge is -2.20. The van der Waals surface area contributed by atoms with E-state index in [4.69, 9.17) is 4.74 Å². The van der Waals surface area contributed by atoms with Crippen molar-refractivity contribution < 1.29 is 24.5 Å². The Morgan fingerprint density at radius 2 is 0.750 bits per heavy atom. The van der Waals surface area contributed by atoms with E-state index in [1.54, 1.807) is 6.08 Å². The second-order valence-corrected chi connectivity index (χ2v) is 20.3. The SMILES string of the molecule is CCCC/C=C\CCCCCCCC(=O)OCCCCCCCCCCC/C=C\C/C=C\CCCCCCCCCCCCCCCC(=O)NC(CO)C(O)/C=C/CCCCCCCCCCC. The van der Waals surface area contributed by atoms with Crippen molar-refractivity contribution in [2.24, 2.45) is 0 Å². The highest BCUT2D eigenvalue weighted by molar-refractivity contribution is 5.76. The van der Waals surface area contributed by atoms with Crippen LogP contribution in [0.1, 0.15) is 309 Å². The number of aliphatic hydroxyl groups is 2. The number of allylic oxidation sites excluding steroid dienone is 7. The van der Waals surface area contributed by atoms with Crippen molar-refractivity contribution in [1.29, 1.82) is 0 Å². The quantitative estimate of drug-likeness (QED) is 0.0321. The Balaban J connectivity index is 3.42. The van der Waals surface area contributed by atoms with Gasteiger partial charge in [-0.1, -0.05) is 262 Å². The van der Waals surface area contributed by atoms with Crippen LogP contribution in [0.15, 0.2) is 48.6 Å². The number of ether oxygens (including phenoxy) is 1. The molecule has 1 amide bonds. The Labute approximate surface area is 423 Å². The third kappa shape index (κ3) is 53.2. The molecule has 0 aliphatic carbocycles. The lowest BCUT2D eigenvalue weighted by molar-refractivity contribution is -0.143. The molecular formula is C62H115NO5. The third-order valence-electron chi connectivity index (χ3n) is 13.6. The minimum Gasteiger partial charge on any atom is -0.466 e. The van der Waals surface area contributed by atoms with Crippen molar-refractivity contribution in [2.45, 2.75) is 321 Å². The van der Waals surface area contributed by atoms with Gasteiger partial charge in [-0.15, -0.1) is 0 Å². The van der Waals surface area contributed by atoms with Crippen LogP contribution in [0, 0.1) is 0 Å². The first kappa shape index (κ1) is 65.8. The molecule has 0 heterocycles. The first-order chi connectivity index (χ1) is 33.5. The maximum atomic E-state index is 12.4. The smallest absolute Gasteiger partial charge is 0.305 e. The summed E-state index contributed by atoms with van der Waals surface area (Å²) in [6, 6.07) is -0.628. The van der Waals surface area contributed by atoms with Crippen LogP contribution >= 0.6 is 0 Å². The van der Waals surface area contributed by atoms with Gasteiger partial charge >= 0.3 is 5.97 Å². The molecule has 0 rings (SSSR count). The molecule has 0 aliphatic rings. The van der Waals surface area contributed by atoms with Crippen molar-refractivity contribution in [3.05, 3.63) is 48.6 Å². The summed E-state index contributed by atoms with van der Waals surface area (Å²) >= 11 is 0. The van der Waals surface area contributed by atoms with Gasteiger partial charge in [-0.2, -0.15) is 0 Å². The number of nitrogens with one attached hydrogen (secondary N) is 1. The molecule has 0 radical (unpaired) electrons. The predicted molar refractivity (Wildman–Crippen MR) is 296 cm³/mol. The number of unbranched alkanes of at least 4 members (excludes halogenated alkanes) is 38. The Morgan fingerprint density at radius 1 is 0.412 bits per heavy atom. The predicted octanol–water partition coefficient (Wildman–Crippen LogP) is 18.6. The molecule has 6 heteroatoms. The van der Waals surface area contributed by atoms with Crippen LogP contribution in [0.4, 0.5) is 0 Å². The maximum absolute atomic E-state index is 12.4. The first-order valence-corrected chi connectivity index (χ1v) is 29.9. The molecule has 2 atom stereocenters. The highest BCUT2D eigenvalue weighted by Gasteiger charge is 2.18. The largest absolute Gasteiger partial charge is 0.466 e. The van der Waals surface area contributed by atoms with Gasteiger partial charge in [-0.3, -0.25) is 9.59 Å². The topological polar surface area (TPSA) is 95.9 Å². The number of esters is 1. The molecule has 6 nitrogen and oxygen atoms in total. The van der Waals surface area contributed by atoms with Crippen molar-refractivity contribution in [3.63, 3.8) is 0 Å². The molecule has 0 saturated heterocycles. The van der Waals surface area contributed by atoms with E-state index in [1.807, 2.05) is 6.08 Å². The van der Waals surface area contributed by atoms with E-state index >= 15 is 0 Å². The number of hydrogen-bond donors (Lipinski definition) is 3. The molecule has 398 valence electrons. The van der Waals surface area contributed by atoms with Gasteiger partial charge in [-0.05, 0) is 83.5 Å². The monoisotopic (exact) mass is 954 g/mol. The Morgan fingerprint density at radius 3 is 1.18 bits per heavy atom. The van der Waals surface area contributed by atoms with Gasteiger partial charge in [0.15, 0.2) is 0 Å². The summed E-state index contributed by atoms with van der Waals surface area (Å²) in [5.41, 5.74) is 0. The maximum Gasteiger partial charge on any atom is 0.305 e. The summed E-state index contributed by atoms with van der Waals surface area (Å²) in [6.45, 7) is 4.85. The van der Waals surface area contributed by atoms with Gasteiger partial charge in [-0.25, -0.2) is 0 Å². The van der Waals surface area contributed by atoms with Gasteiger partial charge < -0.3 is 20.3 Å². The molecule has 0 saturated carbocycles. The first-order valence-electron chi connectivity index (χ1n) is 29.9. The van der Waals surface area contributed by atoms with E-state index in [9.17, 15) is 19.8 Å². The zero-order valence-corrected chi connectivity index (χ0v) is 45.3. The minimum absolute atomic E-state index is 0.0000680. The molecule has 0 spiro atoms. The molecule has 0 aliphatic heterocycles. The van der Waals surface area contributed by atoms with Crippen LogP contribution in [0.5, 0.6) is 0 Å². The van der Waals surface area contributed by atoms with Crippen molar-refractivity contribution in [2.75, 3.05) is 13.2 Å². The van der Waals surface area contributed by atoms with Crippen LogP contribution in [-0.4, -0.2) is 47.4 Å². The molecule has 0 aromatic carbocycles. The second-order valence-electron chi connectivity index (χ2n) is 20.3. The van der Waals surface area contributed by atoms with Crippen molar-refractivity contribution in [1.82, 2.24) is 5.32 Å². The molecule has 0 aromatic heterocycles. The van der Waals surface area contributed by atoms with Crippen LogP contribution in [0.25, 0.3) is 0 Å². The number of carbonyl (C=O) groups is 2. The lowest BCUT2D eigenvalue weighted by atomic mass is 10.0. The van der Waals surface area contributed by atoms with Crippen molar-refractivity contribution in [3.8, 4) is 0 Å². The lowest BCUT2D eigenvalue weighted by Crippen LogP contribution is -2.45. The number of hydrogen-bond acceptors (Lipinski definition) is 5. The zero-order chi connectivity index (χ0) is 49.3. The van der Waals surface area contributed by atoms with Crippen molar-refractivity contribution >= 4 is 11.9 Å². The summed E-state index contributed by atoms with van der Waals surface area (Å²) in [6.07, 6.45) is 73.0. The van der Waals surface area contributed by atoms with E-state index in [0.29, 0.717) is 19.4 Å². The minimum atomic E-state index is -0.844. The molecule has 0 aromatic rings. The summed E-state index contributed by atoms with van der Waals surface area (Å²) < 4.78 is 5.45. The van der Waals surface area contributed by atoms with Gasteiger partial charge in [0.1, 0.15) is 0 Å². The van der Waals surface area contributed by atoms with Crippen LogP contribution < -0.4 is 5.32 Å². The standard InChI is InChI=1S/C62H115NO5/c1-3-5-7-9-11-13-34-38-42-46-50-54-60(65)59(58-64)63-61(66)55-51-47-43-39-36-32-30-28-26-24-22-20-18-16-15-17-19-21-23-25-27-29-31-33-37-41-45-49-53-57-68-62(67)56-52-48-44-40-35-14-12-10-8-6-4-2/h10,12,15,17,21,23,50,54,59-60,64-65H,3-9,11,13-14,16,18-20,22,24-49,51-53,55-58H2,1-2H3,(H,63,66)/b12-10-,17-15-,23-21-,54-50+. The number of carbonyl (C=O) groups excluding carboxylic acids is 2. The molecule has 0 bridgehead atoms. The Bertz CT molecular complexity index is 1150. The Kier molecular flexibility index (Phi) is 55.6. The fraction of sp³-hybridized carbons (Fsp3) is 0.839. The van der Waals surface area contributed by atoms with Crippen LogP contribution in [0.2, 0.25) is 0 Å². The fourth-order valence-electron chi connectivity index (χ4n) is 8.94. The average molecular weight is 955 g/mol. The van der Waals surface area contributed by atoms with Crippen LogP contribution in [-0.2, 0) is 14.3 Å². The van der Waals surface area contributed by atoms with Gasteiger partial charge in [0.2, 0.25) is 5.91 Å². The van der Waals surface area contributed by atoms with Gasteiger partial charge in [0, 0.05) is 12.8 Å². The molecule has 2 unspecified atom stereocenters. The number of amides is 1. The second kappa shape index (κ2) is 57.4. The third-order valence-corrected chi connectivity index (χ3v) is 13.6. The summed E-state index contributed by atoms with van der Waals surface area (Å²) in [5.74, 6) is -0.0705. The van der Waals surface area contributed by atoms with Gasteiger partial charge in [0.05, 0.1) is 25.4 Å². The fourth-order valence-corrected chi connectivity index (χ4v) is 8.94. The zero-order valence-electron chi connectivity index (χ0n) is 45.3. The summed E-state index contributed by atoms with van der Waals surface area (Å²) in [5, 5.41) is 23.0. The van der Waals surface area contributed by atoms with E-state index < -0.39 is 12.1 Å². The molecule has 0 fully saturated rings. The normalized spacial score (nSPS) is 12.9. The van der Waals surface area contributed by atoms with E-state index in [-0.39, 0.29) is 18.5 Å². The molecular weight excluding hydrogens is 839 g/mol. The van der Waals surface area contributed by atoms with E-state index in [1.165, 1.54) is 231 Å². The highest BCUT2D eigenvalue weighted by atomic mass is 16.5.